The van der Waals surface area contributed by atoms with Crippen LogP contribution in [-0.4, -0.2) is 9.78 Å². The van der Waals surface area contributed by atoms with Crippen molar-refractivity contribution in [2.45, 2.75) is 26.7 Å². The normalized spacial score (nSPS) is 11.5. The molecule has 0 unspecified atom stereocenters. The molecule has 0 atom stereocenters. The molecule has 0 spiro atoms. The van der Waals surface area contributed by atoms with Gasteiger partial charge in [-0.05, 0) is 12.8 Å². The fourth-order valence-electron chi connectivity index (χ4n) is 1.45. The molecule has 0 aliphatic carbocycles. The quantitative estimate of drug-likeness (QED) is 0.670. The van der Waals surface area contributed by atoms with Crippen LogP contribution in [0.25, 0.3) is 6.08 Å². The summed E-state index contributed by atoms with van der Waals surface area (Å²) in [5.41, 5.74) is 3.58. The van der Waals surface area contributed by atoms with Gasteiger partial charge in [0.05, 0.1) is 5.69 Å². The van der Waals surface area contributed by atoms with Crippen LogP contribution in [0.15, 0.2) is 18.7 Å². The zero-order chi connectivity index (χ0) is 10.7. The van der Waals surface area contributed by atoms with Gasteiger partial charge in [0.1, 0.15) is 0 Å². The average Bonchev–Trinajstić information content (AvgIpc) is 2.41. The minimum Gasteiger partial charge on any atom is -0.272 e. The molecule has 0 radical (unpaired) electrons. The Labute approximate surface area is 85.9 Å². The smallest absolute Gasteiger partial charge is 0.0724 e. The van der Waals surface area contributed by atoms with Crippen molar-refractivity contribution in [2.24, 2.45) is 7.05 Å². The molecular formula is C12H18N2. The first-order valence-corrected chi connectivity index (χ1v) is 4.90. The van der Waals surface area contributed by atoms with Gasteiger partial charge < -0.3 is 0 Å². The number of aryl methyl sites for hydroxylation is 1. The van der Waals surface area contributed by atoms with Crippen LogP contribution in [0.3, 0.4) is 0 Å². The fourth-order valence-corrected chi connectivity index (χ4v) is 1.45. The predicted octanol–water partition coefficient (Wildman–Crippen LogP) is 3.05. The standard InChI is InChI=1S/C12H18N2/c1-6-7-8-11-10(4)14(5)13-12(11)9(2)3/h6-9H,1H2,2-5H3/b8-7-. The molecule has 76 valence electrons. The number of nitrogens with zero attached hydrogens (tertiary/aromatic N) is 2. The van der Waals surface area contributed by atoms with E-state index in [1.165, 1.54) is 11.3 Å². The van der Waals surface area contributed by atoms with Gasteiger partial charge in [-0.25, -0.2) is 0 Å². The maximum atomic E-state index is 4.49. The molecule has 2 heteroatoms. The second-order valence-corrected chi connectivity index (χ2v) is 3.76. The summed E-state index contributed by atoms with van der Waals surface area (Å²) in [5, 5.41) is 4.49. The second kappa shape index (κ2) is 4.27. The minimum atomic E-state index is 0.458. The van der Waals surface area contributed by atoms with Gasteiger partial charge in [0.2, 0.25) is 0 Å². The lowest BCUT2D eigenvalue weighted by Gasteiger charge is -2.01. The number of rotatable bonds is 3. The summed E-state index contributed by atoms with van der Waals surface area (Å²) in [6, 6.07) is 0. The SMILES string of the molecule is C=C/C=C\c1c(C(C)C)nn(C)c1C. The van der Waals surface area contributed by atoms with Crippen molar-refractivity contribution in [3.05, 3.63) is 35.7 Å². The molecule has 0 fully saturated rings. The molecule has 1 aromatic heterocycles. The van der Waals surface area contributed by atoms with Crippen LogP contribution < -0.4 is 0 Å². The fraction of sp³-hybridized carbons (Fsp3) is 0.417. The Kier molecular flexibility index (Phi) is 3.28. The molecule has 0 aromatic carbocycles. The van der Waals surface area contributed by atoms with Crippen molar-refractivity contribution < 1.29 is 0 Å². The largest absolute Gasteiger partial charge is 0.272 e. The molecule has 0 aliphatic heterocycles. The summed E-state index contributed by atoms with van der Waals surface area (Å²) >= 11 is 0. The van der Waals surface area contributed by atoms with E-state index in [0.717, 1.165) is 5.69 Å². The summed E-state index contributed by atoms with van der Waals surface area (Å²) in [6.45, 7) is 10.1. The maximum absolute atomic E-state index is 4.49. The molecular weight excluding hydrogens is 172 g/mol. The van der Waals surface area contributed by atoms with Crippen LogP contribution >= 0.6 is 0 Å². The third-order valence-corrected chi connectivity index (χ3v) is 2.35. The Hall–Kier alpha value is -1.31. The van der Waals surface area contributed by atoms with Gasteiger partial charge in [0.25, 0.3) is 0 Å². The average molecular weight is 190 g/mol. The van der Waals surface area contributed by atoms with Crippen LogP contribution in [-0.2, 0) is 7.05 Å². The summed E-state index contributed by atoms with van der Waals surface area (Å²) < 4.78 is 1.93. The monoisotopic (exact) mass is 190 g/mol. The third-order valence-electron chi connectivity index (χ3n) is 2.35. The van der Waals surface area contributed by atoms with Crippen molar-refractivity contribution in [2.75, 3.05) is 0 Å². The number of hydrogen-bond donors (Lipinski definition) is 0. The number of aromatic nitrogens is 2. The highest BCUT2D eigenvalue weighted by molar-refractivity contribution is 5.56. The first kappa shape index (κ1) is 10.8. The predicted molar refractivity (Wildman–Crippen MR) is 61.3 cm³/mol. The van der Waals surface area contributed by atoms with Gasteiger partial charge in [-0.3, -0.25) is 4.68 Å². The molecule has 0 saturated carbocycles. The van der Waals surface area contributed by atoms with E-state index in [9.17, 15) is 0 Å². The molecule has 0 bridgehead atoms. The summed E-state index contributed by atoms with van der Waals surface area (Å²) in [4.78, 5) is 0. The Morgan fingerprint density at radius 3 is 2.57 bits per heavy atom. The highest BCUT2D eigenvalue weighted by Gasteiger charge is 2.12. The van der Waals surface area contributed by atoms with Gasteiger partial charge in [-0.1, -0.05) is 38.7 Å². The Morgan fingerprint density at radius 1 is 1.43 bits per heavy atom. The van der Waals surface area contributed by atoms with Gasteiger partial charge >= 0.3 is 0 Å². The molecule has 0 N–H and O–H groups in total. The molecule has 2 nitrogen and oxygen atoms in total. The lowest BCUT2D eigenvalue weighted by atomic mass is 10.0. The Morgan fingerprint density at radius 2 is 2.07 bits per heavy atom. The maximum Gasteiger partial charge on any atom is 0.0724 e. The number of allylic oxidation sites excluding steroid dienone is 2. The highest BCUT2D eigenvalue weighted by Crippen LogP contribution is 2.22. The van der Waals surface area contributed by atoms with Crippen molar-refractivity contribution in [3.63, 3.8) is 0 Å². The third kappa shape index (κ3) is 1.95. The van der Waals surface area contributed by atoms with Crippen LogP contribution in [0.5, 0.6) is 0 Å². The Balaban J connectivity index is 3.22. The van der Waals surface area contributed by atoms with Crippen LogP contribution in [0.4, 0.5) is 0 Å². The van der Waals surface area contributed by atoms with Crippen LogP contribution in [0, 0.1) is 6.92 Å². The lowest BCUT2D eigenvalue weighted by molar-refractivity contribution is 0.698. The van der Waals surface area contributed by atoms with E-state index < -0.39 is 0 Å². The second-order valence-electron chi connectivity index (χ2n) is 3.76. The van der Waals surface area contributed by atoms with Gasteiger partial charge in [0, 0.05) is 18.3 Å². The first-order valence-electron chi connectivity index (χ1n) is 4.90. The molecule has 0 amide bonds. The lowest BCUT2D eigenvalue weighted by Crippen LogP contribution is -1.94. The Bertz CT molecular complexity index is 357. The van der Waals surface area contributed by atoms with Crippen LogP contribution in [0.2, 0.25) is 0 Å². The van der Waals surface area contributed by atoms with Crippen molar-refractivity contribution >= 4 is 6.08 Å². The van der Waals surface area contributed by atoms with E-state index in [4.69, 9.17) is 0 Å². The molecule has 1 rings (SSSR count). The van der Waals surface area contributed by atoms with E-state index in [1.54, 1.807) is 6.08 Å². The topological polar surface area (TPSA) is 17.8 Å². The molecule has 0 saturated heterocycles. The van der Waals surface area contributed by atoms with Gasteiger partial charge in [-0.2, -0.15) is 5.10 Å². The summed E-state index contributed by atoms with van der Waals surface area (Å²) in [5.74, 6) is 0.458. The highest BCUT2D eigenvalue weighted by atomic mass is 15.3. The van der Waals surface area contributed by atoms with E-state index in [2.05, 4.69) is 38.5 Å². The van der Waals surface area contributed by atoms with Gasteiger partial charge in [0.15, 0.2) is 0 Å². The number of hydrogen-bond acceptors (Lipinski definition) is 1. The van der Waals surface area contributed by atoms with E-state index in [0.29, 0.717) is 5.92 Å². The molecule has 0 aliphatic rings. The molecule has 1 aromatic rings. The minimum absolute atomic E-state index is 0.458. The molecule has 14 heavy (non-hydrogen) atoms. The van der Waals surface area contributed by atoms with Crippen molar-refractivity contribution in [1.82, 2.24) is 9.78 Å². The summed E-state index contributed by atoms with van der Waals surface area (Å²) in [6.07, 6.45) is 5.82. The zero-order valence-corrected chi connectivity index (χ0v) is 9.41. The van der Waals surface area contributed by atoms with E-state index >= 15 is 0 Å². The van der Waals surface area contributed by atoms with Crippen molar-refractivity contribution in [1.29, 1.82) is 0 Å². The summed E-state index contributed by atoms with van der Waals surface area (Å²) in [7, 11) is 1.98. The van der Waals surface area contributed by atoms with E-state index in [1.807, 2.05) is 17.8 Å². The zero-order valence-electron chi connectivity index (χ0n) is 9.41. The van der Waals surface area contributed by atoms with Crippen LogP contribution in [0.1, 0.15) is 36.7 Å². The van der Waals surface area contributed by atoms with Gasteiger partial charge in [-0.15, -0.1) is 0 Å². The van der Waals surface area contributed by atoms with Crippen molar-refractivity contribution in [3.8, 4) is 0 Å². The molecule has 1 heterocycles. The van der Waals surface area contributed by atoms with E-state index in [-0.39, 0.29) is 0 Å². The first-order chi connectivity index (χ1) is 6.57.